The number of pyridine rings is 1. The van der Waals surface area contributed by atoms with Crippen molar-refractivity contribution in [3.8, 4) is 0 Å². The lowest BCUT2D eigenvalue weighted by Gasteiger charge is -2.27. The number of hydrogen-bond donors (Lipinski definition) is 1. The highest BCUT2D eigenvalue weighted by molar-refractivity contribution is 5.94. The first kappa shape index (κ1) is 9.96. The lowest BCUT2D eigenvalue weighted by molar-refractivity contribution is 0.0601. The third-order valence-electron chi connectivity index (χ3n) is 2.66. The number of carbonyl (C=O) groups is 1. The minimum absolute atomic E-state index is 0.343. The van der Waals surface area contributed by atoms with Gasteiger partial charge in [0.05, 0.1) is 7.11 Å². The molecule has 1 aliphatic rings. The van der Waals surface area contributed by atoms with Gasteiger partial charge in [0.1, 0.15) is 11.4 Å². The summed E-state index contributed by atoms with van der Waals surface area (Å²) in [5.74, 6) is 0.291. The molecule has 2 rings (SSSR count). The lowest BCUT2D eigenvalue weighted by atomic mass is 9.93. The van der Waals surface area contributed by atoms with Gasteiger partial charge in [-0.2, -0.15) is 0 Å². The maximum atomic E-state index is 11.4. The van der Waals surface area contributed by atoms with E-state index in [1.165, 1.54) is 13.5 Å². The van der Waals surface area contributed by atoms with E-state index >= 15 is 0 Å². The molecule has 0 saturated heterocycles. The van der Waals surface area contributed by atoms with Crippen molar-refractivity contribution < 1.29 is 9.53 Å². The van der Waals surface area contributed by atoms with Gasteiger partial charge in [0.2, 0.25) is 0 Å². The number of carbonyl (C=O) groups excluding carboxylic acids is 1. The molecule has 0 amide bonds. The van der Waals surface area contributed by atoms with E-state index in [0.717, 1.165) is 12.8 Å². The van der Waals surface area contributed by atoms with Crippen LogP contribution >= 0.6 is 0 Å². The molecule has 1 saturated carbocycles. The van der Waals surface area contributed by atoms with Crippen LogP contribution in [0.2, 0.25) is 0 Å². The van der Waals surface area contributed by atoms with Crippen LogP contribution in [-0.2, 0) is 4.74 Å². The fraction of sp³-hybridized carbons (Fsp3) is 0.455. The number of aromatic nitrogens is 1. The molecule has 1 aromatic heterocycles. The topological polar surface area (TPSA) is 51.2 Å². The molecule has 0 radical (unpaired) electrons. The summed E-state index contributed by atoms with van der Waals surface area (Å²) in [4.78, 5) is 15.6. The van der Waals surface area contributed by atoms with Crippen LogP contribution in [0.25, 0.3) is 0 Å². The van der Waals surface area contributed by atoms with Crippen molar-refractivity contribution >= 4 is 11.8 Å². The largest absolute Gasteiger partial charge is 0.465 e. The van der Waals surface area contributed by atoms with Crippen LogP contribution in [0.15, 0.2) is 18.3 Å². The van der Waals surface area contributed by atoms with Crippen molar-refractivity contribution in [2.45, 2.75) is 25.3 Å². The third kappa shape index (κ3) is 2.09. The summed E-state index contributed by atoms with van der Waals surface area (Å²) in [6.45, 7) is 0. The summed E-state index contributed by atoms with van der Waals surface area (Å²) in [5, 5.41) is 3.25. The second kappa shape index (κ2) is 4.29. The molecular formula is C11H14N2O2. The minimum Gasteiger partial charge on any atom is -0.465 e. The Morgan fingerprint density at radius 1 is 1.60 bits per heavy atom. The standard InChI is InChI=1S/C11H14N2O2/c1-15-11(14)9-6-3-7-12-10(9)13-8-4-2-5-8/h3,6-8H,2,4-5H2,1H3,(H,12,13). The van der Waals surface area contributed by atoms with Crippen molar-refractivity contribution in [1.29, 1.82) is 0 Å². The Bertz CT molecular complexity index is 361. The van der Waals surface area contributed by atoms with Crippen molar-refractivity contribution in [2.75, 3.05) is 12.4 Å². The quantitative estimate of drug-likeness (QED) is 0.766. The lowest BCUT2D eigenvalue weighted by Crippen LogP contribution is -2.28. The molecule has 15 heavy (non-hydrogen) atoms. The Morgan fingerprint density at radius 2 is 2.40 bits per heavy atom. The van der Waals surface area contributed by atoms with E-state index in [2.05, 4.69) is 10.3 Å². The third-order valence-corrected chi connectivity index (χ3v) is 2.66. The second-order valence-electron chi connectivity index (χ2n) is 3.66. The molecule has 1 aliphatic carbocycles. The van der Waals surface area contributed by atoms with Gasteiger partial charge in [0.25, 0.3) is 0 Å². The monoisotopic (exact) mass is 206 g/mol. The molecule has 1 N–H and O–H groups in total. The molecule has 1 fully saturated rings. The van der Waals surface area contributed by atoms with Gasteiger partial charge >= 0.3 is 5.97 Å². The van der Waals surface area contributed by atoms with Gasteiger partial charge in [-0.1, -0.05) is 0 Å². The van der Waals surface area contributed by atoms with Crippen LogP contribution in [0.3, 0.4) is 0 Å². The molecule has 4 heteroatoms. The van der Waals surface area contributed by atoms with Gasteiger partial charge in [0.15, 0.2) is 0 Å². The number of methoxy groups -OCH3 is 1. The van der Waals surface area contributed by atoms with Gasteiger partial charge in [-0.25, -0.2) is 9.78 Å². The highest BCUT2D eigenvalue weighted by Crippen LogP contribution is 2.24. The minimum atomic E-state index is -0.343. The molecule has 0 unspecified atom stereocenters. The first-order valence-electron chi connectivity index (χ1n) is 5.11. The Kier molecular flexibility index (Phi) is 2.85. The van der Waals surface area contributed by atoms with Crippen molar-refractivity contribution in [3.05, 3.63) is 23.9 Å². The number of nitrogens with one attached hydrogen (secondary N) is 1. The van der Waals surface area contributed by atoms with Crippen molar-refractivity contribution in [1.82, 2.24) is 4.98 Å². The molecule has 0 aromatic carbocycles. The van der Waals surface area contributed by atoms with Crippen LogP contribution in [-0.4, -0.2) is 24.1 Å². The fourth-order valence-corrected chi connectivity index (χ4v) is 1.54. The zero-order chi connectivity index (χ0) is 10.7. The fourth-order valence-electron chi connectivity index (χ4n) is 1.54. The average molecular weight is 206 g/mol. The summed E-state index contributed by atoms with van der Waals surface area (Å²) >= 11 is 0. The SMILES string of the molecule is COC(=O)c1cccnc1NC1CCC1. The molecule has 0 bridgehead atoms. The first-order chi connectivity index (χ1) is 7.31. The summed E-state index contributed by atoms with van der Waals surface area (Å²) in [6.07, 6.45) is 5.22. The van der Waals surface area contributed by atoms with Gasteiger partial charge in [-0.15, -0.1) is 0 Å². The maximum Gasteiger partial charge on any atom is 0.341 e. The second-order valence-corrected chi connectivity index (χ2v) is 3.66. The van der Waals surface area contributed by atoms with Gasteiger partial charge in [-0.05, 0) is 31.4 Å². The van der Waals surface area contributed by atoms with E-state index in [4.69, 9.17) is 4.74 Å². The number of anilines is 1. The Labute approximate surface area is 88.7 Å². The number of esters is 1. The summed E-state index contributed by atoms with van der Waals surface area (Å²) in [7, 11) is 1.38. The van der Waals surface area contributed by atoms with E-state index in [-0.39, 0.29) is 5.97 Å². The predicted octanol–water partition coefficient (Wildman–Crippen LogP) is 1.83. The highest BCUT2D eigenvalue weighted by atomic mass is 16.5. The van der Waals surface area contributed by atoms with Crippen LogP contribution in [0.1, 0.15) is 29.6 Å². The summed E-state index contributed by atoms with van der Waals surface area (Å²) < 4.78 is 4.69. The van der Waals surface area contributed by atoms with Crippen LogP contribution in [0, 0.1) is 0 Å². The molecule has 0 atom stereocenters. The molecule has 80 valence electrons. The van der Waals surface area contributed by atoms with Gasteiger partial charge < -0.3 is 10.1 Å². The highest BCUT2D eigenvalue weighted by Gasteiger charge is 2.20. The first-order valence-corrected chi connectivity index (χ1v) is 5.11. The average Bonchev–Trinajstić information content (AvgIpc) is 2.23. The number of ether oxygens (including phenoxy) is 1. The summed E-state index contributed by atoms with van der Waals surface area (Å²) in [5.41, 5.74) is 0.506. The number of rotatable bonds is 3. The van der Waals surface area contributed by atoms with Gasteiger partial charge in [-0.3, -0.25) is 0 Å². The Balaban J connectivity index is 2.16. The number of nitrogens with zero attached hydrogens (tertiary/aromatic N) is 1. The van der Waals surface area contributed by atoms with Crippen molar-refractivity contribution in [2.24, 2.45) is 0 Å². The van der Waals surface area contributed by atoms with Gasteiger partial charge in [0, 0.05) is 12.2 Å². The molecular weight excluding hydrogens is 192 g/mol. The van der Waals surface area contributed by atoms with Crippen LogP contribution < -0.4 is 5.32 Å². The van der Waals surface area contributed by atoms with Crippen LogP contribution in [0.5, 0.6) is 0 Å². The van der Waals surface area contributed by atoms with E-state index in [0.29, 0.717) is 17.4 Å². The van der Waals surface area contributed by atoms with E-state index < -0.39 is 0 Å². The maximum absolute atomic E-state index is 11.4. The Hall–Kier alpha value is -1.58. The van der Waals surface area contributed by atoms with Crippen molar-refractivity contribution in [3.63, 3.8) is 0 Å². The molecule has 0 aliphatic heterocycles. The predicted molar refractivity (Wildman–Crippen MR) is 56.8 cm³/mol. The van der Waals surface area contributed by atoms with E-state index in [9.17, 15) is 4.79 Å². The molecule has 0 spiro atoms. The number of hydrogen-bond acceptors (Lipinski definition) is 4. The van der Waals surface area contributed by atoms with E-state index in [1.54, 1.807) is 18.3 Å². The summed E-state index contributed by atoms with van der Waals surface area (Å²) in [6, 6.07) is 3.92. The zero-order valence-corrected chi connectivity index (χ0v) is 8.69. The zero-order valence-electron chi connectivity index (χ0n) is 8.69. The smallest absolute Gasteiger partial charge is 0.341 e. The van der Waals surface area contributed by atoms with Crippen LogP contribution in [0.4, 0.5) is 5.82 Å². The Morgan fingerprint density at radius 3 is 3.00 bits per heavy atom. The molecule has 1 heterocycles. The normalized spacial score (nSPS) is 15.5. The molecule has 1 aromatic rings. The molecule has 4 nitrogen and oxygen atoms in total. The van der Waals surface area contributed by atoms with E-state index in [1.807, 2.05) is 0 Å².